The minimum Gasteiger partial charge on any atom is -0.206 e. The highest BCUT2D eigenvalue weighted by Gasteiger charge is 2.18. The summed E-state index contributed by atoms with van der Waals surface area (Å²) in [5.41, 5.74) is 2.01. The van der Waals surface area contributed by atoms with E-state index >= 15 is 0 Å². The van der Waals surface area contributed by atoms with Crippen LogP contribution in [0.15, 0.2) is 38.3 Å². The second-order valence-electron chi connectivity index (χ2n) is 3.97. The van der Waals surface area contributed by atoms with Crippen molar-refractivity contribution in [3.8, 4) is 0 Å². The third-order valence-electron chi connectivity index (χ3n) is 2.50. The SMILES string of the molecule is O=S(=O)(NCc1cccc(CBr)c1)c1cc(Cl)c(Br)s1. The molecule has 0 atom stereocenters. The Morgan fingerprint density at radius 3 is 2.55 bits per heavy atom. The Labute approximate surface area is 143 Å². The highest BCUT2D eigenvalue weighted by molar-refractivity contribution is 9.11. The van der Waals surface area contributed by atoms with E-state index in [1.54, 1.807) is 0 Å². The molecule has 1 heterocycles. The first-order chi connectivity index (χ1) is 9.42. The van der Waals surface area contributed by atoms with Crippen LogP contribution in [0.5, 0.6) is 0 Å². The summed E-state index contributed by atoms with van der Waals surface area (Å²) in [4.78, 5) is 0. The van der Waals surface area contributed by atoms with E-state index in [4.69, 9.17) is 11.6 Å². The summed E-state index contributed by atoms with van der Waals surface area (Å²) in [6, 6.07) is 9.15. The molecule has 8 heteroatoms. The standard InChI is InChI=1S/C12H10Br2ClNO2S2/c13-6-8-2-1-3-9(4-8)7-16-20(17,18)11-5-10(15)12(14)19-11/h1-5,16H,6-7H2. The monoisotopic (exact) mass is 457 g/mol. The van der Waals surface area contributed by atoms with Gasteiger partial charge in [0, 0.05) is 11.9 Å². The van der Waals surface area contributed by atoms with E-state index in [1.165, 1.54) is 6.07 Å². The molecule has 0 spiro atoms. The average molecular weight is 460 g/mol. The molecule has 0 saturated heterocycles. The van der Waals surface area contributed by atoms with Gasteiger partial charge >= 0.3 is 0 Å². The van der Waals surface area contributed by atoms with Crippen molar-refractivity contribution < 1.29 is 8.42 Å². The number of hydrogen-bond acceptors (Lipinski definition) is 3. The molecule has 20 heavy (non-hydrogen) atoms. The first kappa shape index (κ1) is 16.5. The second-order valence-corrected chi connectivity index (χ2v) is 9.30. The molecule has 2 rings (SSSR count). The molecule has 0 unspecified atom stereocenters. The van der Waals surface area contributed by atoms with Gasteiger partial charge in [-0.25, -0.2) is 13.1 Å². The van der Waals surface area contributed by atoms with Gasteiger partial charge in [-0.3, -0.25) is 0 Å². The second kappa shape index (κ2) is 6.89. The summed E-state index contributed by atoms with van der Waals surface area (Å²) in [6.07, 6.45) is 0. The first-order valence-electron chi connectivity index (χ1n) is 5.50. The highest BCUT2D eigenvalue weighted by atomic mass is 79.9. The maximum Gasteiger partial charge on any atom is 0.250 e. The van der Waals surface area contributed by atoms with E-state index in [9.17, 15) is 8.42 Å². The Morgan fingerprint density at radius 2 is 1.95 bits per heavy atom. The zero-order valence-electron chi connectivity index (χ0n) is 10.1. The van der Waals surface area contributed by atoms with Crippen LogP contribution in [-0.4, -0.2) is 8.42 Å². The van der Waals surface area contributed by atoms with Crippen molar-refractivity contribution in [2.75, 3.05) is 0 Å². The van der Waals surface area contributed by atoms with Crippen molar-refractivity contribution >= 4 is 64.8 Å². The van der Waals surface area contributed by atoms with Crippen LogP contribution >= 0.6 is 54.8 Å². The van der Waals surface area contributed by atoms with Crippen molar-refractivity contribution in [2.45, 2.75) is 16.1 Å². The third-order valence-corrected chi connectivity index (χ3v) is 7.50. The van der Waals surface area contributed by atoms with Gasteiger partial charge in [0.05, 0.1) is 8.81 Å². The van der Waals surface area contributed by atoms with E-state index < -0.39 is 10.0 Å². The minimum absolute atomic E-state index is 0.200. The molecule has 0 amide bonds. The predicted molar refractivity (Wildman–Crippen MR) is 90.1 cm³/mol. The number of sulfonamides is 1. The summed E-state index contributed by atoms with van der Waals surface area (Å²) in [6.45, 7) is 0.246. The van der Waals surface area contributed by atoms with E-state index in [-0.39, 0.29) is 10.8 Å². The lowest BCUT2D eigenvalue weighted by molar-refractivity contribution is 0.583. The number of thiophene rings is 1. The quantitative estimate of drug-likeness (QED) is 0.668. The lowest BCUT2D eigenvalue weighted by Gasteiger charge is -2.06. The molecule has 1 aromatic carbocycles. The average Bonchev–Trinajstić information content (AvgIpc) is 2.78. The summed E-state index contributed by atoms with van der Waals surface area (Å²) in [7, 11) is -3.54. The van der Waals surface area contributed by atoms with Crippen molar-refractivity contribution in [2.24, 2.45) is 0 Å². The van der Waals surface area contributed by atoms with Gasteiger partial charge in [-0.15, -0.1) is 11.3 Å². The van der Waals surface area contributed by atoms with Gasteiger partial charge in [0.25, 0.3) is 0 Å². The predicted octanol–water partition coefficient (Wildman–Crippen LogP) is 4.54. The molecule has 0 saturated carbocycles. The number of halogens is 3. The molecular formula is C12H10Br2ClNO2S2. The van der Waals surface area contributed by atoms with Gasteiger partial charge in [-0.05, 0) is 33.1 Å². The number of hydrogen-bond donors (Lipinski definition) is 1. The smallest absolute Gasteiger partial charge is 0.206 e. The first-order valence-corrected chi connectivity index (χ1v) is 10.1. The van der Waals surface area contributed by atoms with Crippen molar-refractivity contribution in [3.63, 3.8) is 0 Å². The fourth-order valence-electron chi connectivity index (χ4n) is 1.53. The van der Waals surface area contributed by atoms with Crippen LogP contribution in [0.25, 0.3) is 0 Å². The lowest BCUT2D eigenvalue weighted by Crippen LogP contribution is -2.22. The molecule has 3 nitrogen and oxygen atoms in total. The van der Waals surface area contributed by atoms with Crippen molar-refractivity contribution in [1.29, 1.82) is 0 Å². The van der Waals surface area contributed by atoms with Gasteiger partial charge in [0.15, 0.2) is 0 Å². The maximum atomic E-state index is 12.1. The molecule has 0 radical (unpaired) electrons. The van der Waals surface area contributed by atoms with Gasteiger partial charge in [0.1, 0.15) is 4.21 Å². The highest BCUT2D eigenvalue weighted by Crippen LogP contribution is 2.34. The largest absolute Gasteiger partial charge is 0.250 e. The fraction of sp³-hybridized carbons (Fsp3) is 0.167. The van der Waals surface area contributed by atoms with Crippen LogP contribution < -0.4 is 4.72 Å². The minimum atomic E-state index is -3.54. The summed E-state index contributed by atoms with van der Waals surface area (Å²) in [5, 5.41) is 1.14. The van der Waals surface area contributed by atoms with Gasteiger partial charge in [0.2, 0.25) is 10.0 Å². The van der Waals surface area contributed by atoms with E-state index in [1.807, 2.05) is 24.3 Å². The van der Waals surface area contributed by atoms with Crippen LogP contribution in [0.1, 0.15) is 11.1 Å². The van der Waals surface area contributed by atoms with E-state index in [0.29, 0.717) is 8.81 Å². The van der Waals surface area contributed by atoms with Crippen LogP contribution in [0, 0.1) is 0 Å². The Kier molecular flexibility index (Phi) is 5.67. The zero-order chi connectivity index (χ0) is 14.8. The van der Waals surface area contributed by atoms with Crippen molar-refractivity contribution in [3.05, 3.63) is 50.3 Å². The molecule has 0 aliphatic carbocycles. The van der Waals surface area contributed by atoms with Gasteiger partial charge in [-0.2, -0.15) is 0 Å². The van der Waals surface area contributed by atoms with Gasteiger partial charge in [-0.1, -0.05) is 51.8 Å². The van der Waals surface area contributed by atoms with Crippen LogP contribution in [0.3, 0.4) is 0 Å². The Balaban J connectivity index is 2.12. The Morgan fingerprint density at radius 1 is 1.25 bits per heavy atom. The Hall–Kier alpha value is 0.0800. The normalized spacial score (nSPS) is 11.8. The molecule has 0 aliphatic rings. The molecule has 0 fully saturated rings. The molecular weight excluding hydrogens is 450 g/mol. The molecule has 108 valence electrons. The number of nitrogens with one attached hydrogen (secondary N) is 1. The number of alkyl halides is 1. The van der Waals surface area contributed by atoms with Crippen LogP contribution in [0.4, 0.5) is 0 Å². The zero-order valence-corrected chi connectivity index (χ0v) is 15.6. The number of benzene rings is 1. The van der Waals surface area contributed by atoms with Crippen molar-refractivity contribution in [1.82, 2.24) is 4.72 Å². The van der Waals surface area contributed by atoms with Crippen LogP contribution in [0.2, 0.25) is 5.02 Å². The van der Waals surface area contributed by atoms with Crippen LogP contribution in [-0.2, 0) is 21.9 Å². The summed E-state index contributed by atoms with van der Waals surface area (Å²) in [5.74, 6) is 0. The summed E-state index contributed by atoms with van der Waals surface area (Å²) < 4.78 is 27.7. The lowest BCUT2D eigenvalue weighted by atomic mass is 10.1. The summed E-state index contributed by atoms with van der Waals surface area (Å²) >= 11 is 13.5. The molecule has 1 aromatic heterocycles. The van der Waals surface area contributed by atoms with E-state index in [0.717, 1.165) is 27.8 Å². The number of rotatable bonds is 5. The molecule has 0 aliphatic heterocycles. The Bertz CT molecular complexity index is 696. The third kappa shape index (κ3) is 4.05. The maximum absolute atomic E-state index is 12.1. The molecule has 0 bridgehead atoms. The van der Waals surface area contributed by atoms with Gasteiger partial charge < -0.3 is 0 Å². The topological polar surface area (TPSA) is 46.2 Å². The fourth-order valence-corrected chi connectivity index (χ4v) is 5.34. The van der Waals surface area contributed by atoms with E-state index in [2.05, 4.69) is 36.6 Å². The molecule has 2 aromatic rings. The molecule has 1 N–H and O–H groups in total.